The van der Waals surface area contributed by atoms with Crippen LogP contribution in [0.5, 0.6) is 0 Å². The first-order valence-corrected chi connectivity index (χ1v) is 11.7. The van der Waals surface area contributed by atoms with Gasteiger partial charge in [-0.25, -0.2) is 4.79 Å². The Hall–Kier alpha value is -2.51. The largest absolute Gasteiger partial charge is 0.366 e. The SMILES string of the molecule is O=c1[nH]c2ccccc2n1C1CCCCN1C1CCN(C(=S)Cc2ccncc2)CC1. The van der Waals surface area contributed by atoms with E-state index in [1.54, 1.807) is 0 Å². The monoisotopic (exact) mass is 435 g/mol. The number of thiocarbonyl (C=S) groups is 1. The summed E-state index contributed by atoms with van der Waals surface area (Å²) in [4.78, 5) is 25.9. The van der Waals surface area contributed by atoms with Crippen LogP contribution in [0.1, 0.15) is 43.8 Å². The predicted molar refractivity (Wildman–Crippen MR) is 127 cm³/mol. The number of pyridine rings is 1. The van der Waals surface area contributed by atoms with Crippen molar-refractivity contribution in [2.24, 2.45) is 0 Å². The molecule has 1 atom stereocenters. The number of hydrogen-bond acceptors (Lipinski definition) is 4. The number of fused-ring (bicyclic) bond motifs is 1. The van der Waals surface area contributed by atoms with Crippen LogP contribution >= 0.6 is 12.2 Å². The van der Waals surface area contributed by atoms with Crippen molar-refractivity contribution >= 4 is 28.2 Å². The van der Waals surface area contributed by atoms with Crippen LogP contribution in [-0.4, -0.2) is 55.0 Å². The van der Waals surface area contributed by atoms with Gasteiger partial charge in [-0.05, 0) is 61.9 Å². The lowest BCUT2D eigenvalue weighted by molar-refractivity contribution is 0.0274. The van der Waals surface area contributed by atoms with Gasteiger partial charge in [0.25, 0.3) is 0 Å². The van der Waals surface area contributed by atoms with Crippen molar-refractivity contribution in [1.29, 1.82) is 0 Å². The molecule has 1 N–H and O–H groups in total. The van der Waals surface area contributed by atoms with Crippen molar-refractivity contribution in [2.45, 2.75) is 50.7 Å². The normalized spacial score (nSPS) is 20.9. The van der Waals surface area contributed by atoms with Gasteiger partial charge in [0.2, 0.25) is 0 Å². The van der Waals surface area contributed by atoms with E-state index in [9.17, 15) is 4.79 Å². The highest BCUT2D eigenvalue weighted by atomic mass is 32.1. The Balaban J connectivity index is 1.29. The first-order chi connectivity index (χ1) is 15.2. The lowest BCUT2D eigenvalue weighted by Gasteiger charge is -2.45. The fraction of sp³-hybridized carbons (Fsp3) is 0.458. The average molecular weight is 436 g/mol. The highest BCUT2D eigenvalue weighted by Crippen LogP contribution is 2.32. The van der Waals surface area contributed by atoms with Crippen molar-refractivity contribution in [2.75, 3.05) is 19.6 Å². The van der Waals surface area contributed by atoms with E-state index in [2.05, 4.69) is 25.8 Å². The minimum Gasteiger partial charge on any atom is -0.366 e. The number of nitrogens with zero attached hydrogens (tertiary/aromatic N) is 4. The van der Waals surface area contributed by atoms with Gasteiger partial charge in [0.05, 0.1) is 22.2 Å². The summed E-state index contributed by atoms with van der Waals surface area (Å²) in [5.74, 6) is 0. The van der Waals surface area contributed by atoms with Crippen LogP contribution in [0.15, 0.2) is 53.6 Å². The summed E-state index contributed by atoms with van der Waals surface area (Å²) >= 11 is 5.75. The van der Waals surface area contributed by atoms with Crippen molar-refractivity contribution in [1.82, 2.24) is 24.3 Å². The van der Waals surface area contributed by atoms with Gasteiger partial charge in [0.1, 0.15) is 0 Å². The van der Waals surface area contributed by atoms with Crippen molar-refractivity contribution < 1.29 is 0 Å². The number of imidazole rings is 1. The molecule has 0 spiro atoms. The van der Waals surface area contributed by atoms with E-state index in [-0.39, 0.29) is 11.9 Å². The second-order valence-electron chi connectivity index (χ2n) is 8.68. The first kappa shape index (κ1) is 20.4. The summed E-state index contributed by atoms with van der Waals surface area (Å²) in [5, 5.41) is 0. The van der Waals surface area contributed by atoms with Crippen LogP contribution in [0.3, 0.4) is 0 Å². The van der Waals surface area contributed by atoms with E-state index < -0.39 is 0 Å². The molecule has 1 unspecified atom stereocenters. The average Bonchev–Trinajstić information content (AvgIpc) is 3.15. The highest BCUT2D eigenvalue weighted by molar-refractivity contribution is 7.80. The molecule has 0 bridgehead atoms. The highest BCUT2D eigenvalue weighted by Gasteiger charge is 2.34. The molecule has 2 saturated heterocycles. The zero-order valence-electron chi connectivity index (χ0n) is 17.7. The Bertz CT molecular complexity index is 1100. The van der Waals surface area contributed by atoms with Crippen LogP contribution in [0.2, 0.25) is 0 Å². The van der Waals surface area contributed by atoms with E-state index in [1.807, 2.05) is 47.3 Å². The molecule has 31 heavy (non-hydrogen) atoms. The molecule has 0 radical (unpaired) electrons. The molecule has 4 heterocycles. The van der Waals surface area contributed by atoms with Gasteiger partial charge in [-0.3, -0.25) is 14.5 Å². The molecule has 7 heteroatoms. The smallest absolute Gasteiger partial charge is 0.327 e. The fourth-order valence-corrected chi connectivity index (χ4v) is 5.59. The third kappa shape index (κ3) is 4.16. The minimum atomic E-state index is 0.00839. The minimum absolute atomic E-state index is 0.00839. The summed E-state index contributed by atoms with van der Waals surface area (Å²) < 4.78 is 1.99. The zero-order chi connectivity index (χ0) is 21.2. The molecule has 0 aliphatic carbocycles. The number of aromatic nitrogens is 3. The van der Waals surface area contributed by atoms with E-state index in [1.165, 1.54) is 18.4 Å². The van der Waals surface area contributed by atoms with Crippen molar-refractivity contribution in [3.8, 4) is 0 Å². The second-order valence-corrected chi connectivity index (χ2v) is 9.15. The molecule has 6 nitrogen and oxygen atoms in total. The van der Waals surface area contributed by atoms with E-state index in [0.29, 0.717) is 6.04 Å². The lowest BCUT2D eigenvalue weighted by atomic mass is 9.97. The van der Waals surface area contributed by atoms with Gasteiger partial charge >= 0.3 is 5.69 Å². The van der Waals surface area contributed by atoms with E-state index >= 15 is 0 Å². The maximum Gasteiger partial charge on any atom is 0.327 e. The summed E-state index contributed by atoms with van der Waals surface area (Å²) in [6, 6.07) is 12.6. The number of H-pyrrole nitrogens is 1. The summed E-state index contributed by atoms with van der Waals surface area (Å²) in [7, 11) is 0. The van der Waals surface area contributed by atoms with Gasteiger partial charge in [-0.1, -0.05) is 24.4 Å². The summed E-state index contributed by atoms with van der Waals surface area (Å²) in [5.41, 5.74) is 3.17. The van der Waals surface area contributed by atoms with Gasteiger partial charge < -0.3 is 9.88 Å². The number of piperidine rings is 2. The summed E-state index contributed by atoms with van der Waals surface area (Å²) in [6.45, 7) is 3.03. The molecule has 0 saturated carbocycles. The van der Waals surface area contributed by atoms with Gasteiger partial charge in [0, 0.05) is 44.5 Å². The summed E-state index contributed by atoms with van der Waals surface area (Å²) in [6.07, 6.45) is 10.2. The number of aromatic amines is 1. The Morgan fingerprint density at radius 2 is 1.81 bits per heavy atom. The van der Waals surface area contributed by atoms with Gasteiger partial charge in [-0.15, -0.1) is 0 Å². The maximum atomic E-state index is 12.8. The quantitative estimate of drug-likeness (QED) is 0.633. The Morgan fingerprint density at radius 3 is 2.61 bits per heavy atom. The van der Waals surface area contributed by atoms with Crippen molar-refractivity contribution in [3.05, 3.63) is 64.8 Å². The molecule has 2 aliphatic rings. The molecular weight excluding hydrogens is 406 g/mol. The second kappa shape index (κ2) is 8.93. The standard InChI is InChI=1S/C24H29N5OS/c30-24-26-20-5-1-2-6-21(20)29(24)22-7-3-4-14-28(22)19-10-15-27(16-11-19)23(31)17-18-8-12-25-13-9-18/h1-2,5-6,8-9,12-13,19,22H,3-4,7,10-11,14-17H2,(H,26,30). The third-order valence-corrected chi connectivity index (χ3v) is 7.23. The zero-order valence-corrected chi connectivity index (χ0v) is 18.6. The van der Waals surface area contributed by atoms with Crippen LogP contribution in [0.25, 0.3) is 11.0 Å². The molecule has 1 aromatic carbocycles. The fourth-order valence-electron chi connectivity index (χ4n) is 5.24. The molecule has 2 aliphatic heterocycles. The predicted octanol–water partition coefficient (Wildman–Crippen LogP) is 3.74. The molecule has 3 aromatic rings. The maximum absolute atomic E-state index is 12.8. The molecule has 162 valence electrons. The van der Waals surface area contributed by atoms with E-state index in [0.717, 1.165) is 61.3 Å². The van der Waals surface area contributed by atoms with Crippen LogP contribution < -0.4 is 5.69 Å². The van der Waals surface area contributed by atoms with Crippen molar-refractivity contribution in [3.63, 3.8) is 0 Å². The number of likely N-dealkylation sites (tertiary alicyclic amines) is 2. The molecule has 5 rings (SSSR count). The number of para-hydroxylation sites is 2. The topological polar surface area (TPSA) is 57.2 Å². The number of rotatable bonds is 4. The molecule has 0 amide bonds. The lowest BCUT2D eigenvalue weighted by Crippen LogP contribution is -2.51. The Kier molecular flexibility index (Phi) is 5.87. The Labute approximate surface area is 187 Å². The van der Waals surface area contributed by atoms with Crippen LogP contribution in [0.4, 0.5) is 0 Å². The van der Waals surface area contributed by atoms with Gasteiger partial charge in [-0.2, -0.15) is 0 Å². The molecule has 2 fully saturated rings. The number of hydrogen-bond donors (Lipinski definition) is 1. The molecular formula is C24H29N5OS. The molecule has 2 aromatic heterocycles. The van der Waals surface area contributed by atoms with Crippen LogP contribution in [-0.2, 0) is 6.42 Å². The number of benzene rings is 1. The third-order valence-electron chi connectivity index (χ3n) is 6.82. The van der Waals surface area contributed by atoms with E-state index in [4.69, 9.17) is 12.2 Å². The Morgan fingerprint density at radius 1 is 1.03 bits per heavy atom. The number of nitrogens with one attached hydrogen (secondary N) is 1. The van der Waals surface area contributed by atoms with Crippen LogP contribution in [0, 0.1) is 0 Å². The van der Waals surface area contributed by atoms with Gasteiger partial charge in [0.15, 0.2) is 0 Å². The first-order valence-electron chi connectivity index (χ1n) is 11.3.